The van der Waals surface area contributed by atoms with E-state index in [4.69, 9.17) is 10.5 Å². The number of methoxy groups -OCH3 is 1. The third-order valence-electron chi connectivity index (χ3n) is 5.60. The van der Waals surface area contributed by atoms with Crippen LogP contribution in [0.25, 0.3) is 5.69 Å². The Morgan fingerprint density at radius 1 is 1.12 bits per heavy atom. The quantitative estimate of drug-likeness (QED) is 0.426. The summed E-state index contributed by atoms with van der Waals surface area (Å²) in [5, 5.41) is 12.7. The predicted octanol–water partition coefficient (Wildman–Crippen LogP) is 4.00. The molecule has 8 heteroatoms. The van der Waals surface area contributed by atoms with Gasteiger partial charge in [-0.15, -0.1) is 0 Å². The number of aromatic nitrogens is 1. The zero-order chi connectivity index (χ0) is 24.2. The van der Waals surface area contributed by atoms with E-state index in [0.717, 1.165) is 0 Å². The van der Waals surface area contributed by atoms with E-state index in [9.17, 15) is 19.6 Å². The molecule has 0 amide bonds. The smallest absolute Gasteiger partial charge is 0.357 e. The number of hydrogen-bond acceptors (Lipinski definition) is 7. The van der Waals surface area contributed by atoms with Crippen LogP contribution in [0.2, 0.25) is 0 Å². The Hall–Kier alpha value is -4.64. The predicted molar refractivity (Wildman–Crippen MR) is 127 cm³/mol. The zero-order valence-electron chi connectivity index (χ0n) is 18.5. The highest BCUT2D eigenvalue weighted by Gasteiger charge is 2.24. The molecule has 0 saturated heterocycles. The van der Waals surface area contributed by atoms with Gasteiger partial charge in [-0.1, -0.05) is 30.3 Å². The average molecular weight is 454 g/mol. The van der Waals surface area contributed by atoms with Gasteiger partial charge in [-0.05, 0) is 31.0 Å². The third-order valence-corrected chi connectivity index (χ3v) is 5.60. The molecule has 0 bridgehead atoms. The Morgan fingerprint density at radius 3 is 2.56 bits per heavy atom. The van der Waals surface area contributed by atoms with Gasteiger partial charge in [-0.2, -0.15) is 5.26 Å². The summed E-state index contributed by atoms with van der Waals surface area (Å²) in [6.07, 6.45) is 4.84. The van der Waals surface area contributed by atoms with Crippen molar-refractivity contribution in [3.05, 3.63) is 88.9 Å². The van der Waals surface area contributed by atoms with Gasteiger partial charge in [0.2, 0.25) is 0 Å². The summed E-state index contributed by atoms with van der Waals surface area (Å²) in [4.78, 5) is 37.5. The van der Waals surface area contributed by atoms with E-state index in [-0.39, 0.29) is 28.5 Å². The average Bonchev–Trinajstić information content (AvgIpc) is 3.19. The number of rotatable bonds is 6. The first-order valence-electron chi connectivity index (χ1n) is 10.7. The minimum atomic E-state index is -0.707. The number of allylic oxidation sites excluding steroid dienone is 2. The largest absolute Gasteiger partial charge is 0.464 e. The van der Waals surface area contributed by atoms with E-state index in [0.29, 0.717) is 47.5 Å². The minimum absolute atomic E-state index is 0.00191. The number of hydrogen-bond donors (Lipinski definition) is 2. The Morgan fingerprint density at radius 2 is 1.88 bits per heavy atom. The van der Waals surface area contributed by atoms with Crippen molar-refractivity contribution in [3.63, 3.8) is 0 Å². The van der Waals surface area contributed by atoms with Crippen LogP contribution in [0.3, 0.4) is 0 Å². The number of carbonyl (C=O) groups excluding carboxylic acids is 3. The summed E-state index contributed by atoms with van der Waals surface area (Å²) >= 11 is 0. The summed E-state index contributed by atoms with van der Waals surface area (Å²) in [7, 11) is 1.23. The van der Waals surface area contributed by atoms with E-state index in [1.165, 1.54) is 17.9 Å². The van der Waals surface area contributed by atoms with E-state index < -0.39 is 5.97 Å². The van der Waals surface area contributed by atoms with Gasteiger partial charge in [0, 0.05) is 35.5 Å². The van der Waals surface area contributed by atoms with Crippen LogP contribution in [0, 0.1) is 11.3 Å². The normalized spacial score (nSPS) is 13.1. The van der Waals surface area contributed by atoms with E-state index in [2.05, 4.69) is 5.32 Å². The standard InChI is InChI=1S/C26H22N4O4/c1-34-26(33)24-23(28)18(14-27)15-30(24)22-11-10-17(25(32)16-6-3-2-4-7-16)12-21(22)29-19-8-5-9-20(31)13-19/h2-4,6-7,10-13,15,29H,5,8-9,28H2,1H3. The van der Waals surface area contributed by atoms with E-state index in [1.807, 2.05) is 12.1 Å². The molecule has 1 aliphatic rings. The maximum atomic E-state index is 13.1. The molecule has 3 N–H and O–H groups in total. The van der Waals surface area contributed by atoms with Gasteiger partial charge in [-0.3, -0.25) is 9.59 Å². The Balaban J connectivity index is 1.88. The first-order chi connectivity index (χ1) is 16.4. The SMILES string of the molecule is COC(=O)c1c(N)c(C#N)cn1-c1ccc(C(=O)c2ccccc2)cc1NC1=CC(=O)CCC1. The second kappa shape index (κ2) is 9.46. The number of carbonyl (C=O) groups is 3. The van der Waals surface area contributed by atoms with Gasteiger partial charge < -0.3 is 20.4 Å². The van der Waals surface area contributed by atoms with Gasteiger partial charge in [0.15, 0.2) is 17.3 Å². The molecule has 170 valence electrons. The number of ketones is 2. The van der Waals surface area contributed by atoms with Crippen LogP contribution in [-0.2, 0) is 9.53 Å². The van der Waals surface area contributed by atoms with E-state index in [1.54, 1.807) is 48.5 Å². The van der Waals surface area contributed by atoms with Gasteiger partial charge in [-0.25, -0.2) is 4.79 Å². The number of nitrogens with two attached hydrogens (primary N) is 1. The van der Waals surface area contributed by atoms with Crippen molar-refractivity contribution in [2.24, 2.45) is 0 Å². The molecular formula is C26H22N4O4. The fraction of sp³-hybridized carbons (Fsp3) is 0.154. The molecule has 2 aromatic carbocycles. The molecule has 0 spiro atoms. The molecule has 4 rings (SSSR count). The Kier molecular flexibility index (Phi) is 6.28. The highest BCUT2D eigenvalue weighted by atomic mass is 16.5. The molecule has 0 saturated carbocycles. The minimum Gasteiger partial charge on any atom is -0.464 e. The van der Waals surface area contributed by atoms with Crippen molar-refractivity contribution in [1.82, 2.24) is 4.57 Å². The molecule has 3 aromatic rings. The van der Waals surface area contributed by atoms with Crippen LogP contribution >= 0.6 is 0 Å². The lowest BCUT2D eigenvalue weighted by molar-refractivity contribution is -0.115. The first-order valence-corrected chi connectivity index (χ1v) is 10.7. The van der Waals surface area contributed by atoms with Crippen molar-refractivity contribution in [1.29, 1.82) is 5.26 Å². The molecule has 1 aromatic heterocycles. The molecule has 0 unspecified atom stereocenters. The summed E-state index contributed by atoms with van der Waals surface area (Å²) in [5.74, 6) is -0.873. The molecule has 1 aliphatic carbocycles. The van der Waals surface area contributed by atoms with Crippen molar-refractivity contribution in [2.45, 2.75) is 19.3 Å². The molecule has 0 aliphatic heterocycles. The van der Waals surface area contributed by atoms with Crippen molar-refractivity contribution in [3.8, 4) is 11.8 Å². The third kappa shape index (κ3) is 4.32. The molecule has 0 fully saturated rings. The van der Waals surface area contributed by atoms with Crippen molar-refractivity contribution < 1.29 is 19.1 Å². The lowest BCUT2D eigenvalue weighted by Crippen LogP contribution is -2.15. The maximum Gasteiger partial charge on any atom is 0.357 e. The molecule has 0 radical (unpaired) electrons. The second-order valence-electron chi connectivity index (χ2n) is 7.82. The second-order valence-corrected chi connectivity index (χ2v) is 7.82. The lowest BCUT2D eigenvalue weighted by atomic mass is 10.0. The lowest BCUT2D eigenvalue weighted by Gasteiger charge is -2.19. The van der Waals surface area contributed by atoms with Gasteiger partial charge >= 0.3 is 5.97 Å². The molecule has 34 heavy (non-hydrogen) atoms. The number of benzene rings is 2. The molecule has 8 nitrogen and oxygen atoms in total. The summed E-state index contributed by atoms with van der Waals surface area (Å²) in [6, 6.07) is 15.8. The fourth-order valence-corrected chi connectivity index (χ4v) is 3.91. The molecule has 0 atom stereocenters. The van der Waals surface area contributed by atoms with Gasteiger partial charge in [0.1, 0.15) is 6.07 Å². The summed E-state index contributed by atoms with van der Waals surface area (Å²) in [6.45, 7) is 0. The first kappa shape index (κ1) is 22.6. The zero-order valence-corrected chi connectivity index (χ0v) is 18.5. The van der Waals surface area contributed by atoms with Crippen LogP contribution in [0.1, 0.15) is 51.2 Å². The number of nitrogens with zero attached hydrogens (tertiary/aromatic N) is 2. The number of ether oxygens (including phenoxy) is 1. The molecular weight excluding hydrogens is 432 g/mol. The topological polar surface area (TPSA) is 127 Å². The monoisotopic (exact) mass is 454 g/mol. The number of esters is 1. The number of anilines is 2. The van der Waals surface area contributed by atoms with Crippen LogP contribution in [0.4, 0.5) is 11.4 Å². The summed E-state index contributed by atoms with van der Waals surface area (Å²) in [5.41, 5.74) is 8.76. The Bertz CT molecular complexity index is 1360. The highest BCUT2D eigenvalue weighted by molar-refractivity contribution is 6.10. The number of nitrogens with one attached hydrogen (secondary N) is 1. The molecule has 1 heterocycles. The highest BCUT2D eigenvalue weighted by Crippen LogP contribution is 2.32. The number of nitriles is 1. The van der Waals surface area contributed by atoms with E-state index >= 15 is 0 Å². The maximum absolute atomic E-state index is 13.1. The van der Waals surface area contributed by atoms with Crippen LogP contribution in [0.5, 0.6) is 0 Å². The van der Waals surface area contributed by atoms with Crippen molar-refractivity contribution >= 4 is 28.9 Å². The van der Waals surface area contributed by atoms with Crippen LogP contribution < -0.4 is 11.1 Å². The number of nitrogen functional groups attached to an aromatic ring is 1. The summed E-state index contributed by atoms with van der Waals surface area (Å²) < 4.78 is 6.34. The van der Waals surface area contributed by atoms with Gasteiger partial charge in [0.25, 0.3) is 0 Å². The van der Waals surface area contributed by atoms with Crippen molar-refractivity contribution in [2.75, 3.05) is 18.2 Å². The van der Waals surface area contributed by atoms with Gasteiger partial charge in [0.05, 0.1) is 29.7 Å². The Labute approximate surface area is 196 Å². The fourth-order valence-electron chi connectivity index (χ4n) is 3.91. The van der Waals surface area contributed by atoms with Crippen LogP contribution in [-0.4, -0.2) is 29.2 Å². The van der Waals surface area contributed by atoms with Crippen LogP contribution in [0.15, 0.2) is 66.5 Å².